The van der Waals surface area contributed by atoms with Gasteiger partial charge in [0, 0.05) is 25.7 Å². The number of esters is 3. The van der Waals surface area contributed by atoms with E-state index in [-0.39, 0.29) is 54.9 Å². The highest BCUT2D eigenvalue weighted by molar-refractivity contribution is 5.80. The summed E-state index contributed by atoms with van der Waals surface area (Å²) < 4.78 is 16.3. The molecule has 0 aliphatic carbocycles. The predicted molar refractivity (Wildman–Crippen MR) is 135 cm³/mol. The number of carboxylic acid groups (broad SMARTS) is 1. The molecular formula is C27H41NO8. The van der Waals surface area contributed by atoms with Gasteiger partial charge in [-0.25, -0.2) is 0 Å². The van der Waals surface area contributed by atoms with Gasteiger partial charge in [0.15, 0.2) is 11.5 Å². The van der Waals surface area contributed by atoms with Gasteiger partial charge in [-0.15, -0.1) is 0 Å². The molecule has 9 heteroatoms. The van der Waals surface area contributed by atoms with Gasteiger partial charge in [-0.1, -0.05) is 47.6 Å². The third-order valence-corrected chi connectivity index (χ3v) is 5.53. The van der Waals surface area contributed by atoms with Crippen molar-refractivity contribution in [1.82, 2.24) is 0 Å². The van der Waals surface area contributed by atoms with Gasteiger partial charge in [-0.05, 0) is 42.9 Å². The van der Waals surface area contributed by atoms with Crippen LogP contribution in [0.1, 0.15) is 79.7 Å². The molecule has 2 unspecified atom stereocenters. The molecule has 0 fully saturated rings. The number of nitrogens with two attached hydrogens (primary N) is 1. The number of ether oxygens (including phenoxy) is 3. The largest absolute Gasteiger partial charge is 0.480 e. The van der Waals surface area contributed by atoms with E-state index in [4.69, 9.17) is 19.9 Å². The first-order chi connectivity index (χ1) is 16.7. The minimum absolute atomic E-state index is 0.0132. The lowest BCUT2D eigenvalue weighted by Crippen LogP contribution is -2.52. The molecule has 0 aliphatic heterocycles. The van der Waals surface area contributed by atoms with Crippen molar-refractivity contribution in [2.75, 3.05) is 0 Å². The highest BCUT2D eigenvalue weighted by Gasteiger charge is 2.37. The summed E-state index contributed by atoms with van der Waals surface area (Å²) in [4.78, 5) is 48.8. The van der Waals surface area contributed by atoms with Crippen LogP contribution < -0.4 is 15.2 Å². The minimum atomic E-state index is -1.76. The zero-order valence-corrected chi connectivity index (χ0v) is 22.5. The van der Waals surface area contributed by atoms with Gasteiger partial charge in [-0.2, -0.15) is 0 Å². The average molecular weight is 508 g/mol. The quantitative estimate of drug-likeness (QED) is 0.278. The molecule has 0 saturated carbocycles. The second-order valence-corrected chi connectivity index (χ2v) is 10.3. The number of carbonyl (C=O) groups is 4. The van der Waals surface area contributed by atoms with Gasteiger partial charge in [0.25, 0.3) is 0 Å². The highest BCUT2D eigenvalue weighted by atomic mass is 16.6. The molecule has 0 spiro atoms. The van der Waals surface area contributed by atoms with Crippen LogP contribution in [0.4, 0.5) is 0 Å². The molecule has 3 atom stereocenters. The molecule has 0 amide bonds. The van der Waals surface area contributed by atoms with Gasteiger partial charge >= 0.3 is 23.9 Å². The Labute approximate surface area is 213 Å². The van der Waals surface area contributed by atoms with E-state index < -0.39 is 35.5 Å². The molecule has 3 N–H and O–H groups in total. The molecule has 1 aromatic carbocycles. The fourth-order valence-corrected chi connectivity index (χ4v) is 3.46. The molecule has 0 heterocycles. The predicted octanol–water partition coefficient (Wildman–Crippen LogP) is 4.28. The van der Waals surface area contributed by atoms with Gasteiger partial charge in [-0.3, -0.25) is 19.2 Å². The maximum absolute atomic E-state index is 12.3. The molecule has 0 aromatic heterocycles. The lowest BCUT2D eigenvalue weighted by atomic mass is 9.86. The number of aliphatic carboxylic acids is 1. The Morgan fingerprint density at radius 2 is 1.44 bits per heavy atom. The summed E-state index contributed by atoms with van der Waals surface area (Å²) in [6.07, 6.45) is -0.0596. The summed E-state index contributed by atoms with van der Waals surface area (Å²) in [6, 6.07) is 4.48. The Bertz CT molecular complexity index is 926. The van der Waals surface area contributed by atoms with Crippen molar-refractivity contribution in [3.63, 3.8) is 0 Å². The molecule has 0 saturated heterocycles. The minimum Gasteiger partial charge on any atom is -0.480 e. The van der Waals surface area contributed by atoms with Crippen LogP contribution in [-0.2, 0) is 30.3 Å². The molecule has 1 rings (SSSR count). The van der Waals surface area contributed by atoms with Crippen LogP contribution in [0.3, 0.4) is 0 Å². The number of carbonyl (C=O) groups excluding carboxylic acids is 3. The van der Waals surface area contributed by atoms with Crippen molar-refractivity contribution in [1.29, 1.82) is 0 Å². The Morgan fingerprint density at radius 3 is 1.92 bits per heavy atom. The molecule has 36 heavy (non-hydrogen) atoms. The first-order valence-corrected chi connectivity index (χ1v) is 12.4. The Kier molecular flexibility index (Phi) is 12.1. The zero-order valence-electron chi connectivity index (χ0n) is 22.5. The maximum atomic E-state index is 12.3. The van der Waals surface area contributed by atoms with E-state index in [0.29, 0.717) is 12.0 Å². The van der Waals surface area contributed by atoms with E-state index >= 15 is 0 Å². The summed E-state index contributed by atoms with van der Waals surface area (Å²) in [5.41, 5.74) is 4.96. The SMILES string of the molecule is CCC(C)C(=O)O[C@@H](C)CC(N)(Cc1ccc(OC(=O)CC(C)C)c(OC(=O)CC(C)C)c1)C(=O)O. The lowest BCUT2D eigenvalue weighted by molar-refractivity contribution is -0.156. The molecule has 0 radical (unpaired) electrons. The average Bonchev–Trinajstić information content (AvgIpc) is 2.73. The summed E-state index contributed by atoms with van der Waals surface area (Å²) >= 11 is 0. The van der Waals surface area contributed by atoms with Crippen LogP contribution in [0.15, 0.2) is 18.2 Å². The van der Waals surface area contributed by atoms with E-state index in [9.17, 15) is 24.3 Å². The number of benzene rings is 1. The monoisotopic (exact) mass is 507 g/mol. The summed E-state index contributed by atoms with van der Waals surface area (Å²) in [5, 5.41) is 9.88. The lowest BCUT2D eigenvalue weighted by Gasteiger charge is -2.28. The number of rotatable bonds is 14. The molecular weight excluding hydrogens is 466 g/mol. The number of hydrogen-bond donors (Lipinski definition) is 2. The van der Waals surface area contributed by atoms with E-state index in [1.165, 1.54) is 12.1 Å². The van der Waals surface area contributed by atoms with Crippen molar-refractivity contribution in [2.45, 2.75) is 92.2 Å². The van der Waals surface area contributed by atoms with Crippen LogP contribution in [0.2, 0.25) is 0 Å². The fourth-order valence-electron chi connectivity index (χ4n) is 3.46. The summed E-state index contributed by atoms with van der Waals surface area (Å²) in [7, 11) is 0. The van der Waals surface area contributed by atoms with Gasteiger partial charge in [0.1, 0.15) is 11.6 Å². The second-order valence-electron chi connectivity index (χ2n) is 10.3. The van der Waals surface area contributed by atoms with E-state index in [2.05, 4.69) is 0 Å². The van der Waals surface area contributed by atoms with Crippen LogP contribution in [0.25, 0.3) is 0 Å². The van der Waals surface area contributed by atoms with Crippen molar-refractivity contribution >= 4 is 23.9 Å². The normalized spacial score (nSPS) is 14.6. The third-order valence-electron chi connectivity index (χ3n) is 5.53. The van der Waals surface area contributed by atoms with E-state index in [0.717, 1.165) is 0 Å². The third kappa shape index (κ3) is 10.4. The van der Waals surface area contributed by atoms with Crippen molar-refractivity contribution < 1.29 is 38.5 Å². The molecule has 202 valence electrons. The van der Waals surface area contributed by atoms with Crippen molar-refractivity contribution in [3.8, 4) is 11.5 Å². The van der Waals surface area contributed by atoms with E-state index in [1.807, 2.05) is 34.6 Å². The first kappa shape index (κ1) is 31.1. The van der Waals surface area contributed by atoms with Crippen LogP contribution >= 0.6 is 0 Å². The Morgan fingerprint density at radius 1 is 0.917 bits per heavy atom. The van der Waals surface area contributed by atoms with Crippen molar-refractivity contribution in [2.24, 2.45) is 23.5 Å². The summed E-state index contributed by atoms with van der Waals surface area (Å²) in [5.74, 6) is -2.76. The second kappa shape index (κ2) is 14.0. The van der Waals surface area contributed by atoms with Crippen LogP contribution in [0, 0.1) is 17.8 Å². The number of hydrogen-bond acceptors (Lipinski definition) is 8. The number of carboxylic acids is 1. The van der Waals surface area contributed by atoms with Crippen LogP contribution in [0.5, 0.6) is 11.5 Å². The molecule has 9 nitrogen and oxygen atoms in total. The molecule has 0 bridgehead atoms. The standard InChI is InChI=1S/C27H41NO8/c1-8-18(6)25(31)34-19(7)14-27(28,26(32)33)15-20-9-10-21(35-23(29)11-16(2)3)22(13-20)36-24(30)12-17(4)5/h9-10,13,16-19H,8,11-12,14-15,28H2,1-7H3,(H,32,33)/t18?,19-,27?/m0/s1. The van der Waals surface area contributed by atoms with Gasteiger partial charge in [0.2, 0.25) is 0 Å². The highest BCUT2D eigenvalue weighted by Crippen LogP contribution is 2.32. The van der Waals surface area contributed by atoms with Gasteiger partial charge in [0.05, 0.1) is 5.92 Å². The Balaban J connectivity index is 3.19. The fraction of sp³-hybridized carbons (Fsp3) is 0.630. The maximum Gasteiger partial charge on any atom is 0.324 e. The molecule has 0 aliphatic rings. The van der Waals surface area contributed by atoms with Crippen LogP contribution in [-0.4, -0.2) is 40.6 Å². The zero-order chi connectivity index (χ0) is 27.6. The molecule has 1 aromatic rings. The van der Waals surface area contributed by atoms with Gasteiger partial charge < -0.3 is 25.1 Å². The Hall–Kier alpha value is -2.94. The van der Waals surface area contributed by atoms with E-state index in [1.54, 1.807) is 19.9 Å². The first-order valence-electron chi connectivity index (χ1n) is 12.4. The smallest absolute Gasteiger partial charge is 0.324 e. The van der Waals surface area contributed by atoms with Crippen molar-refractivity contribution in [3.05, 3.63) is 23.8 Å². The topological polar surface area (TPSA) is 142 Å². The summed E-state index contributed by atoms with van der Waals surface area (Å²) in [6.45, 7) is 12.7.